The second kappa shape index (κ2) is 6.66. The number of rotatable bonds is 5. The summed E-state index contributed by atoms with van der Waals surface area (Å²) >= 11 is 0. The van der Waals surface area contributed by atoms with Crippen LogP contribution in [0.5, 0.6) is 0 Å². The topological polar surface area (TPSA) is 50.7 Å². The zero-order valence-electron chi connectivity index (χ0n) is 12.6. The van der Waals surface area contributed by atoms with E-state index in [0.29, 0.717) is 6.42 Å². The van der Waals surface area contributed by atoms with Crippen LogP contribution in [0.15, 0.2) is 24.4 Å². The molecule has 110 valence electrons. The second-order valence-corrected chi connectivity index (χ2v) is 5.55. The SMILES string of the molecule is CCCNc1nc(Cc2ccccn2)nc2c1CCCC2. The van der Waals surface area contributed by atoms with Crippen LogP contribution in [0.3, 0.4) is 0 Å². The molecule has 4 nitrogen and oxygen atoms in total. The van der Waals surface area contributed by atoms with Gasteiger partial charge in [0.05, 0.1) is 6.42 Å². The van der Waals surface area contributed by atoms with Gasteiger partial charge in [-0.15, -0.1) is 0 Å². The molecule has 0 unspecified atom stereocenters. The molecule has 0 radical (unpaired) electrons. The van der Waals surface area contributed by atoms with Crippen LogP contribution in [-0.4, -0.2) is 21.5 Å². The van der Waals surface area contributed by atoms with Crippen LogP contribution >= 0.6 is 0 Å². The molecule has 0 aromatic carbocycles. The van der Waals surface area contributed by atoms with Crippen LogP contribution in [0.25, 0.3) is 0 Å². The van der Waals surface area contributed by atoms with Crippen molar-refractivity contribution in [1.29, 1.82) is 0 Å². The lowest BCUT2D eigenvalue weighted by Crippen LogP contribution is -2.15. The lowest BCUT2D eigenvalue weighted by Gasteiger charge is -2.19. The molecule has 4 heteroatoms. The molecule has 0 fully saturated rings. The second-order valence-electron chi connectivity index (χ2n) is 5.55. The van der Waals surface area contributed by atoms with Gasteiger partial charge in [-0.1, -0.05) is 13.0 Å². The summed E-state index contributed by atoms with van der Waals surface area (Å²) in [6, 6.07) is 5.98. The molecule has 0 bridgehead atoms. The van der Waals surface area contributed by atoms with Crippen molar-refractivity contribution in [2.45, 2.75) is 45.4 Å². The molecule has 1 aliphatic carbocycles. The largest absolute Gasteiger partial charge is 0.370 e. The number of aryl methyl sites for hydroxylation is 1. The molecule has 0 saturated heterocycles. The van der Waals surface area contributed by atoms with E-state index in [4.69, 9.17) is 9.97 Å². The van der Waals surface area contributed by atoms with E-state index in [1.807, 2.05) is 24.4 Å². The van der Waals surface area contributed by atoms with Gasteiger partial charge < -0.3 is 5.32 Å². The molecule has 0 atom stereocenters. The monoisotopic (exact) mass is 282 g/mol. The molecular weight excluding hydrogens is 260 g/mol. The smallest absolute Gasteiger partial charge is 0.136 e. The minimum absolute atomic E-state index is 0.703. The number of pyridine rings is 1. The van der Waals surface area contributed by atoms with Crippen molar-refractivity contribution in [1.82, 2.24) is 15.0 Å². The van der Waals surface area contributed by atoms with Crippen LogP contribution in [0.2, 0.25) is 0 Å². The van der Waals surface area contributed by atoms with Crippen molar-refractivity contribution in [3.8, 4) is 0 Å². The van der Waals surface area contributed by atoms with E-state index in [2.05, 4.69) is 17.2 Å². The predicted molar refractivity (Wildman–Crippen MR) is 84.5 cm³/mol. The summed E-state index contributed by atoms with van der Waals surface area (Å²) < 4.78 is 0. The molecule has 0 saturated carbocycles. The van der Waals surface area contributed by atoms with Crippen molar-refractivity contribution >= 4 is 5.82 Å². The van der Waals surface area contributed by atoms with Gasteiger partial charge in [-0.05, 0) is 44.2 Å². The molecule has 2 heterocycles. The molecule has 1 aliphatic rings. The fourth-order valence-corrected chi connectivity index (χ4v) is 2.78. The fourth-order valence-electron chi connectivity index (χ4n) is 2.78. The minimum Gasteiger partial charge on any atom is -0.370 e. The summed E-state index contributed by atoms with van der Waals surface area (Å²) in [7, 11) is 0. The van der Waals surface area contributed by atoms with E-state index >= 15 is 0 Å². The highest BCUT2D eigenvalue weighted by Crippen LogP contribution is 2.25. The number of hydrogen-bond donors (Lipinski definition) is 1. The fraction of sp³-hybridized carbons (Fsp3) is 0.471. The van der Waals surface area contributed by atoms with Gasteiger partial charge in [0.1, 0.15) is 11.6 Å². The Hall–Kier alpha value is -1.97. The third-order valence-corrected chi connectivity index (χ3v) is 3.84. The summed E-state index contributed by atoms with van der Waals surface area (Å²) in [4.78, 5) is 13.9. The Morgan fingerprint density at radius 2 is 2.05 bits per heavy atom. The first-order valence-corrected chi connectivity index (χ1v) is 7.89. The van der Waals surface area contributed by atoms with Gasteiger partial charge in [0.15, 0.2) is 0 Å². The first-order valence-electron chi connectivity index (χ1n) is 7.89. The van der Waals surface area contributed by atoms with Crippen molar-refractivity contribution in [3.63, 3.8) is 0 Å². The van der Waals surface area contributed by atoms with E-state index in [1.54, 1.807) is 0 Å². The Labute approximate surface area is 126 Å². The quantitative estimate of drug-likeness (QED) is 0.915. The lowest BCUT2D eigenvalue weighted by molar-refractivity contribution is 0.656. The maximum Gasteiger partial charge on any atom is 0.136 e. The Bertz CT molecular complexity index is 595. The summed E-state index contributed by atoms with van der Waals surface area (Å²) in [6.07, 6.45) is 8.30. The van der Waals surface area contributed by atoms with Crippen molar-refractivity contribution in [3.05, 3.63) is 47.2 Å². The van der Waals surface area contributed by atoms with Crippen LogP contribution in [-0.2, 0) is 19.3 Å². The number of nitrogens with one attached hydrogen (secondary N) is 1. The van der Waals surface area contributed by atoms with E-state index in [0.717, 1.165) is 43.1 Å². The number of fused-ring (bicyclic) bond motifs is 1. The normalized spacial score (nSPS) is 13.8. The van der Waals surface area contributed by atoms with Gasteiger partial charge in [0.2, 0.25) is 0 Å². The molecule has 3 rings (SSSR count). The number of hydrogen-bond acceptors (Lipinski definition) is 4. The van der Waals surface area contributed by atoms with Crippen LogP contribution in [0, 0.1) is 0 Å². The van der Waals surface area contributed by atoms with E-state index in [9.17, 15) is 0 Å². The summed E-state index contributed by atoms with van der Waals surface area (Å²) in [5.41, 5.74) is 3.59. The van der Waals surface area contributed by atoms with Gasteiger partial charge in [-0.2, -0.15) is 0 Å². The first kappa shape index (κ1) is 14.0. The first-order chi connectivity index (χ1) is 10.4. The third-order valence-electron chi connectivity index (χ3n) is 3.84. The highest BCUT2D eigenvalue weighted by atomic mass is 15.0. The molecule has 0 spiro atoms. The number of aromatic nitrogens is 3. The van der Waals surface area contributed by atoms with Crippen LogP contribution in [0.4, 0.5) is 5.82 Å². The van der Waals surface area contributed by atoms with E-state index < -0.39 is 0 Å². The van der Waals surface area contributed by atoms with Gasteiger partial charge in [-0.3, -0.25) is 4.98 Å². The molecule has 0 amide bonds. The predicted octanol–water partition coefficient (Wildman–Crippen LogP) is 3.16. The van der Waals surface area contributed by atoms with Crippen LogP contribution in [0.1, 0.15) is 49.0 Å². The third kappa shape index (κ3) is 3.38. The molecule has 2 aromatic rings. The van der Waals surface area contributed by atoms with Crippen LogP contribution < -0.4 is 5.32 Å². The van der Waals surface area contributed by atoms with Crippen molar-refractivity contribution in [2.24, 2.45) is 0 Å². The van der Waals surface area contributed by atoms with Gasteiger partial charge in [-0.25, -0.2) is 9.97 Å². The van der Waals surface area contributed by atoms with Crippen molar-refractivity contribution < 1.29 is 0 Å². The number of anilines is 1. The zero-order valence-corrected chi connectivity index (χ0v) is 12.6. The average molecular weight is 282 g/mol. The molecule has 1 N–H and O–H groups in total. The molecule has 2 aromatic heterocycles. The highest BCUT2D eigenvalue weighted by molar-refractivity contribution is 5.48. The van der Waals surface area contributed by atoms with Crippen molar-refractivity contribution in [2.75, 3.05) is 11.9 Å². The van der Waals surface area contributed by atoms with Gasteiger partial charge in [0.25, 0.3) is 0 Å². The summed E-state index contributed by atoms with van der Waals surface area (Å²) in [6.45, 7) is 3.14. The lowest BCUT2D eigenvalue weighted by atomic mass is 9.96. The van der Waals surface area contributed by atoms with Gasteiger partial charge >= 0.3 is 0 Å². The highest BCUT2D eigenvalue weighted by Gasteiger charge is 2.17. The molecule has 21 heavy (non-hydrogen) atoms. The Kier molecular flexibility index (Phi) is 4.43. The maximum absolute atomic E-state index is 4.79. The molecular formula is C17H22N4. The zero-order chi connectivity index (χ0) is 14.5. The number of nitrogens with zero attached hydrogens (tertiary/aromatic N) is 3. The summed E-state index contributed by atoms with van der Waals surface area (Å²) in [5, 5.41) is 3.48. The Morgan fingerprint density at radius 1 is 1.14 bits per heavy atom. The molecule has 0 aliphatic heterocycles. The van der Waals surface area contributed by atoms with E-state index in [-0.39, 0.29) is 0 Å². The Morgan fingerprint density at radius 3 is 2.86 bits per heavy atom. The van der Waals surface area contributed by atoms with Gasteiger partial charge in [0, 0.05) is 29.7 Å². The standard InChI is InChI=1S/C17H22N4/c1-2-10-19-17-14-8-3-4-9-15(14)20-16(21-17)12-13-7-5-6-11-18-13/h5-7,11H,2-4,8-10,12H2,1H3,(H,19,20,21). The van der Waals surface area contributed by atoms with E-state index in [1.165, 1.54) is 24.1 Å². The maximum atomic E-state index is 4.79. The average Bonchev–Trinajstić information content (AvgIpc) is 2.53. The Balaban J connectivity index is 1.90. The summed E-state index contributed by atoms with van der Waals surface area (Å²) in [5.74, 6) is 1.93. The minimum atomic E-state index is 0.703.